The van der Waals surface area contributed by atoms with E-state index in [1.54, 1.807) is 18.2 Å². The lowest BCUT2D eigenvalue weighted by Crippen LogP contribution is -1.94. The standard InChI is InChI=1S/C16H11FO/c17-14-6-3-4-11(9-14)8-13-10-12-5-1-2-7-15(12)16(13)18/h1-9H,10H2/b13-8+. The zero-order chi connectivity index (χ0) is 12.5. The Morgan fingerprint density at radius 3 is 2.67 bits per heavy atom. The van der Waals surface area contributed by atoms with Crippen molar-refractivity contribution in [3.8, 4) is 0 Å². The van der Waals surface area contributed by atoms with Gasteiger partial charge in [0.25, 0.3) is 0 Å². The number of benzene rings is 2. The third-order valence-corrected chi connectivity index (χ3v) is 3.12. The highest BCUT2D eigenvalue weighted by Gasteiger charge is 2.23. The Morgan fingerprint density at radius 1 is 1.06 bits per heavy atom. The van der Waals surface area contributed by atoms with Crippen LogP contribution in [0.25, 0.3) is 6.08 Å². The Balaban J connectivity index is 1.99. The lowest BCUT2D eigenvalue weighted by molar-refractivity contribution is 0.104. The van der Waals surface area contributed by atoms with Crippen molar-refractivity contribution >= 4 is 11.9 Å². The molecule has 0 amide bonds. The highest BCUT2D eigenvalue weighted by Crippen LogP contribution is 2.27. The van der Waals surface area contributed by atoms with E-state index >= 15 is 0 Å². The molecule has 0 aromatic heterocycles. The fraction of sp³-hybridized carbons (Fsp3) is 0.0625. The maximum atomic E-state index is 13.1. The molecule has 18 heavy (non-hydrogen) atoms. The number of carbonyl (C=O) groups excluding carboxylic acids is 1. The zero-order valence-electron chi connectivity index (χ0n) is 9.69. The number of rotatable bonds is 1. The summed E-state index contributed by atoms with van der Waals surface area (Å²) in [4.78, 5) is 12.1. The van der Waals surface area contributed by atoms with E-state index in [-0.39, 0.29) is 11.6 Å². The predicted octanol–water partition coefficient (Wildman–Crippen LogP) is 3.65. The maximum Gasteiger partial charge on any atom is 0.189 e. The number of halogens is 1. The summed E-state index contributed by atoms with van der Waals surface area (Å²) in [7, 11) is 0. The summed E-state index contributed by atoms with van der Waals surface area (Å²) in [5.74, 6) is -0.234. The number of fused-ring (bicyclic) bond motifs is 1. The van der Waals surface area contributed by atoms with Crippen LogP contribution in [0, 0.1) is 5.82 Å². The van der Waals surface area contributed by atoms with Crippen LogP contribution < -0.4 is 0 Å². The molecule has 2 aromatic rings. The molecule has 0 fully saturated rings. The topological polar surface area (TPSA) is 17.1 Å². The van der Waals surface area contributed by atoms with Crippen molar-refractivity contribution in [2.24, 2.45) is 0 Å². The summed E-state index contributed by atoms with van der Waals surface area (Å²) in [6.07, 6.45) is 2.40. The molecule has 2 heteroatoms. The number of hydrogen-bond donors (Lipinski definition) is 0. The Bertz CT molecular complexity index is 656. The minimum absolute atomic E-state index is 0.0508. The van der Waals surface area contributed by atoms with Crippen LogP contribution in [0.3, 0.4) is 0 Å². The third-order valence-electron chi connectivity index (χ3n) is 3.12. The maximum absolute atomic E-state index is 13.1. The second-order valence-electron chi connectivity index (χ2n) is 4.39. The highest BCUT2D eigenvalue weighted by molar-refractivity contribution is 6.15. The van der Waals surface area contributed by atoms with E-state index in [4.69, 9.17) is 0 Å². The molecule has 0 aliphatic heterocycles. The molecule has 2 aromatic carbocycles. The lowest BCUT2D eigenvalue weighted by Gasteiger charge is -1.97. The summed E-state index contributed by atoms with van der Waals surface area (Å²) < 4.78 is 13.1. The van der Waals surface area contributed by atoms with Crippen LogP contribution in [0.1, 0.15) is 21.5 Å². The van der Waals surface area contributed by atoms with Gasteiger partial charge in [0.2, 0.25) is 0 Å². The van der Waals surface area contributed by atoms with E-state index < -0.39 is 0 Å². The Kier molecular flexibility index (Phi) is 2.56. The predicted molar refractivity (Wildman–Crippen MR) is 68.9 cm³/mol. The van der Waals surface area contributed by atoms with Crippen LogP contribution in [0.15, 0.2) is 54.1 Å². The highest BCUT2D eigenvalue weighted by atomic mass is 19.1. The molecule has 1 aliphatic rings. The largest absolute Gasteiger partial charge is 0.289 e. The lowest BCUT2D eigenvalue weighted by atomic mass is 10.1. The van der Waals surface area contributed by atoms with Gasteiger partial charge in [0.15, 0.2) is 5.78 Å². The van der Waals surface area contributed by atoms with Crippen molar-refractivity contribution in [1.29, 1.82) is 0 Å². The molecule has 0 heterocycles. The molecule has 0 saturated heterocycles. The molecule has 0 saturated carbocycles. The minimum atomic E-state index is -0.285. The van der Waals surface area contributed by atoms with Crippen molar-refractivity contribution in [1.82, 2.24) is 0 Å². The van der Waals surface area contributed by atoms with Crippen molar-refractivity contribution in [3.63, 3.8) is 0 Å². The number of ketones is 1. The quantitative estimate of drug-likeness (QED) is 0.693. The molecule has 0 N–H and O–H groups in total. The van der Waals surface area contributed by atoms with Crippen molar-refractivity contribution in [2.45, 2.75) is 6.42 Å². The first-order valence-electron chi connectivity index (χ1n) is 5.83. The molecule has 0 atom stereocenters. The van der Waals surface area contributed by atoms with Gasteiger partial charge < -0.3 is 0 Å². The Labute approximate surface area is 105 Å². The van der Waals surface area contributed by atoms with Crippen LogP contribution in [0.2, 0.25) is 0 Å². The van der Waals surface area contributed by atoms with Crippen LogP contribution in [-0.4, -0.2) is 5.78 Å². The first-order chi connectivity index (χ1) is 8.74. The normalized spacial score (nSPS) is 16.1. The van der Waals surface area contributed by atoms with E-state index in [2.05, 4.69) is 0 Å². The average molecular weight is 238 g/mol. The summed E-state index contributed by atoms with van der Waals surface area (Å²) >= 11 is 0. The van der Waals surface area contributed by atoms with Crippen molar-refractivity contribution in [3.05, 3.63) is 76.6 Å². The fourth-order valence-corrected chi connectivity index (χ4v) is 2.27. The third kappa shape index (κ3) is 1.86. The number of allylic oxidation sites excluding steroid dienone is 1. The number of carbonyl (C=O) groups is 1. The average Bonchev–Trinajstić information content (AvgIpc) is 2.67. The van der Waals surface area contributed by atoms with Crippen molar-refractivity contribution < 1.29 is 9.18 Å². The van der Waals surface area contributed by atoms with Crippen LogP contribution >= 0.6 is 0 Å². The number of Topliss-reactive ketones (excluding diaryl/α,β-unsaturated/α-hetero) is 1. The van der Waals surface area contributed by atoms with Gasteiger partial charge in [-0.25, -0.2) is 4.39 Å². The second kappa shape index (κ2) is 4.22. The van der Waals surface area contributed by atoms with Gasteiger partial charge in [0, 0.05) is 17.6 Å². The molecule has 1 aliphatic carbocycles. The van der Waals surface area contributed by atoms with E-state index in [1.165, 1.54) is 12.1 Å². The molecule has 0 radical (unpaired) electrons. The van der Waals surface area contributed by atoms with Crippen LogP contribution in [0.5, 0.6) is 0 Å². The van der Waals surface area contributed by atoms with E-state index in [1.807, 2.05) is 24.3 Å². The number of hydrogen-bond acceptors (Lipinski definition) is 1. The molecule has 0 bridgehead atoms. The second-order valence-corrected chi connectivity index (χ2v) is 4.39. The van der Waals surface area contributed by atoms with E-state index in [0.29, 0.717) is 6.42 Å². The molecule has 1 nitrogen and oxygen atoms in total. The summed E-state index contributed by atoms with van der Waals surface area (Å²) in [5.41, 5.74) is 3.26. The minimum Gasteiger partial charge on any atom is -0.289 e. The fourth-order valence-electron chi connectivity index (χ4n) is 2.27. The van der Waals surface area contributed by atoms with Gasteiger partial charge in [-0.2, -0.15) is 0 Å². The Morgan fingerprint density at radius 2 is 1.89 bits per heavy atom. The first-order valence-corrected chi connectivity index (χ1v) is 5.83. The van der Waals surface area contributed by atoms with Gasteiger partial charge in [-0.15, -0.1) is 0 Å². The van der Waals surface area contributed by atoms with Gasteiger partial charge >= 0.3 is 0 Å². The van der Waals surface area contributed by atoms with E-state index in [0.717, 1.165) is 22.3 Å². The SMILES string of the molecule is O=C1/C(=C/c2cccc(F)c2)Cc2ccccc21. The van der Waals surface area contributed by atoms with E-state index in [9.17, 15) is 9.18 Å². The summed E-state index contributed by atoms with van der Waals surface area (Å²) in [6, 6.07) is 13.9. The van der Waals surface area contributed by atoms with Gasteiger partial charge in [0.1, 0.15) is 5.82 Å². The van der Waals surface area contributed by atoms with Crippen molar-refractivity contribution in [2.75, 3.05) is 0 Å². The van der Waals surface area contributed by atoms with Gasteiger partial charge in [-0.1, -0.05) is 36.4 Å². The van der Waals surface area contributed by atoms with Crippen LogP contribution in [0.4, 0.5) is 4.39 Å². The van der Waals surface area contributed by atoms with Gasteiger partial charge in [-0.3, -0.25) is 4.79 Å². The smallest absolute Gasteiger partial charge is 0.189 e. The summed E-state index contributed by atoms with van der Waals surface area (Å²) in [6.45, 7) is 0. The molecule has 0 spiro atoms. The summed E-state index contributed by atoms with van der Waals surface area (Å²) in [5, 5.41) is 0. The van der Waals surface area contributed by atoms with Gasteiger partial charge in [0.05, 0.1) is 0 Å². The first kappa shape index (κ1) is 10.9. The van der Waals surface area contributed by atoms with Gasteiger partial charge in [-0.05, 0) is 29.3 Å². The molecule has 88 valence electrons. The Hall–Kier alpha value is -2.22. The molecular weight excluding hydrogens is 227 g/mol. The van der Waals surface area contributed by atoms with Crippen LogP contribution in [-0.2, 0) is 6.42 Å². The monoisotopic (exact) mass is 238 g/mol. The zero-order valence-corrected chi connectivity index (χ0v) is 9.69. The molecular formula is C16H11FO. The molecule has 3 rings (SSSR count). The molecule has 0 unspecified atom stereocenters.